The Morgan fingerprint density at radius 3 is 2.16 bits per heavy atom. The Hall–Kier alpha value is -3.95. The van der Waals surface area contributed by atoms with Crippen LogP contribution in [-0.4, -0.2) is 151 Å². The quantitative estimate of drug-likeness (QED) is 0.144. The Labute approximate surface area is 428 Å². The molecule has 4 saturated heterocycles. The van der Waals surface area contributed by atoms with E-state index in [2.05, 4.69) is 32.9 Å². The van der Waals surface area contributed by atoms with Gasteiger partial charge in [-0.1, -0.05) is 82.7 Å². The molecule has 0 radical (unpaired) electrons. The molecule has 4 fully saturated rings. The minimum atomic E-state index is -1.87. The van der Waals surface area contributed by atoms with Gasteiger partial charge in [0.05, 0.1) is 60.5 Å². The number of hydroxylamine groups is 2. The number of aliphatic hydroxyl groups is 2. The van der Waals surface area contributed by atoms with Gasteiger partial charge in [-0.2, -0.15) is 0 Å². The molecule has 0 saturated carbocycles. The molecule has 1 aromatic rings. The van der Waals surface area contributed by atoms with E-state index in [0.717, 1.165) is 17.1 Å². The van der Waals surface area contributed by atoms with Gasteiger partial charge in [-0.25, -0.2) is 0 Å². The van der Waals surface area contributed by atoms with Crippen molar-refractivity contribution < 1.29 is 76.8 Å². The van der Waals surface area contributed by atoms with E-state index in [9.17, 15) is 24.6 Å². The maximum Gasteiger partial charge on any atom is 0.316 e. The second kappa shape index (κ2) is 22.0. The predicted octanol–water partition coefficient (Wildman–Crippen LogP) is 6.61. The number of imide groups is 1. The first-order valence-corrected chi connectivity index (χ1v) is 26.2. The zero-order chi connectivity index (χ0) is 52.1. The van der Waals surface area contributed by atoms with E-state index in [-0.39, 0.29) is 54.4 Å². The van der Waals surface area contributed by atoms with Crippen molar-refractivity contribution in [3.63, 3.8) is 0 Å². The summed E-state index contributed by atoms with van der Waals surface area (Å²) >= 11 is 0. The molecule has 73 heavy (non-hydrogen) atoms. The number of rotatable bonds is 10. The van der Waals surface area contributed by atoms with E-state index in [0.29, 0.717) is 30.4 Å². The third kappa shape index (κ3) is 10.5. The summed E-state index contributed by atoms with van der Waals surface area (Å²) in [6.07, 6.45) is 7.08. The summed E-state index contributed by atoms with van der Waals surface area (Å²) in [6.45, 7) is 16.0. The van der Waals surface area contributed by atoms with Crippen LogP contribution in [0.4, 0.5) is 0 Å². The number of benzene rings is 1. The zero-order valence-electron chi connectivity index (χ0n) is 43.8. The van der Waals surface area contributed by atoms with Crippen molar-refractivity contribution in [3.8, 4) is 0 Å². The molecule has 8 aliphatic rings. The molecular formula is C56H75NO16. The molecule has 2 bridgehead atoms. The van der Waals surface area contributed by atoms with Crippen LogP contribution >= 0.6 is 0 Å². The Kier molecular flexibility index (Phi) is 16.2. The maximum atomic E-state index is 14.4. The van der Waals surface area contributed by atoms with Crippen LogP contribution in [0.2, 0.25) is 0 Å². The number of esters is 1. The van der Waals surface area contributed by atoms with Crippen LogP contribution in [0, 0.1) is 23.7 Å². The lowest BCUT2D eigenvalue weighted by Gasteiger charge is -2.48. The summed E-state index contributed by atoms with van der Waals surface area (Å²) in [7, 11) is 3.16. The second-order valence-electron chi connectivity index (χ2n) is 21.5. The monoisotopic (exact) mass is 1020 g/mol. The van der Waals surface area contributed by atoms with Crippen molar-refractivity contribution in [2.75, 3.05) is 20.8 Å². The molecule has 9 rings (SSSR count). The Morgan fingerprint density at radius 2 is 1.49 bits per heavy atom. The molecule has 1 spiro atoms. The number of carbonyl (C=O) groups is 3. The van der Waals surface area contributed by atoms with Crippen LogP contribution in [0.15, 0.2) is 83.5 Å². The lowest BCUT2D eigenvalue weighted by Crippen LogP contribution is -2.58. The van der Waals surface area contributed by atoms with Crippen molar-refractivity contribution in [3.05, 3.63) is 94.6 Å². The number of methoxy groups -OCH3 is 2. The van der Waals surface area contributed by atoms with Gasteiger partial charge in [-0.3, -0.25) is 19.2 Å². The average molecular weight is 1020 g/mol. The number of amides is 2. The highest BCUT2D eigenvalue weighted by Crippen LogP contribution is 2.47. The highest BCUT2D eigenvalue weighted by Gasteiger charge is 2.60. The molecule has 7 aliphatic heterocycles. The minimum Gasteiger partial charge on any atom is -0.462 e. The number of fused-ring (bicyclic) bond motifs is 3. The van der Waals surface area contributed by atoms with Gasteiger partial charge in [-0.15, -0.1) is 5.06 Å². The molecular weight excluding hydrogens is 943 g/mol. The van der Waals surface area contributed by atoms with Gasteiger partial charge in [0.15, 0.2) is 18.4 Å². The number of aliphatic hydroxyl groups excluding tert-OH is 1. The smallest absolute Gasteiger partial charge is 0.316 e. The summed E-state index contributed by atoms with van der Waals surface area (Å²) in [6, 6.07) is 6.59. The molecule has 17 nitrogen and oxygen atoms in total. The minimum absolute atomic E-state index is 0.00753. The first kappa shape index (κ1) is 53.9. The summed E-state index contributed by atoms with van der Waals surface area (Å²) in [4.78, 5) is 46.8. The molecule has 17 heteroatoms. The van der Waals surface area contributed by atoms with Gasteiger partial charge < -0.3 is 57.6 Å². The van der Waals surface area contributed by atoms with E-state index in [4.69, 9.17) is 52.2 Å². The molecule has 2 amide bonds. The van der Waals surface area contributed by atoms with Gasteiger partial charge in [0.2, 0.25) is 0 Å². The highest BCUT2D eigenvalue weighted by molar-refractivity contribution is 6.20. The summed E-state index contributed by atoms with van der Waals surface area (Å²) < 4.78 is 64.8. The normalized spacial score (nSPS) is 44.3. The molecule has 20 atom stereocenters. The number of ether oxygens (including phenoxy) is 10. The maximum absolute atomic E-state index is 14.4. The standard InChI is InChI=1S/C56H75NO16/c1-11-29(2)48-32(5)21-22-55(72-48)27-38-24-37(71-55)20-19-31(4)47(30(3)15-14-16-36-28-65-51-46(58)33(6)23-41(54(61)68-38)56(36,51)62)69-44-25-42(63-9)49(34(7)66-44)70-45-26-43(64-10)50(35(8)67-45)73-57-52(59)39-17-12-13-18-40(39)53(57)60/h12-19,21-23,29-30,32,34-35,37-38,41-51,58,62H,11,20,24-28H2,1-10H3/b15-14+,31-19+,36-16+/t29-,30+,32+,34+,35+,37-,38+,41+,42+,43+,44+,45+,46-,47+,48-,49+,50-,51-,55-,56-/m1/s1. The van der Waals surface area contributed by atoms with Crippen molar-refractivity contribution in [1.82, 2.24) is 5.06 Å². The Morgan fingerprint density at radius 1 is 0.836 bits per heavy atom. The summed E-state index contributed by atoms with van der Waals surface area (Å²) in [5.74, 6) is -3.81. The molecule has 0 unspecified atom stereocenters. The Balaban J connectivity index is 0.938. The lowest BCUT2D eigenvalue weighted by atomic mass is 9.71. The molecule has 1 aliphatic carbocycles. The van der Waals surface area contributed by atoms with Crippen LogP contribution in [0.25, 0.3) is 0 Å². The van der Waals surface area contributed by atoms with Crippen LogP contribution in [0.1, 0.15) is 115 Å². The first-order chi connectivity index (χ1) is 34.9. The second-order valence-corrected chi connectivity index (χ2v) is 21.5. The summed E-state index contributed by atoms with van der Waals surface area (Å²) in [5, 5.41) is 24.7. The van der Waals surface area contributed by atoms with E-state index >= 15 is 0 Å². The van der Waals surface area contributed by atoms with E-state index in [1.807, 2.05) is 39.0 Å². The van der Waals surface area contributed by atoms with Crippen molar-refractivity contribution >= 4 is 17.8 Å². The van der Waals surface area contributed by atoms with E-state index in [1.165, 1.54) is 7.11 Å². The van der Waals surface area contributed by atoms with Crippen molar-refractivity contribution in [2.45, 2.75) is 191 Å². The van der Waals surface area contributed by atoms with Crippen LogP contribution < -0.4 is 0 Å². The van der Waals surface area contributed by atoms with E-state index < -0.39 is 115 Å². The van der Waals surface area contributed by atoms with Gasteiger partial charge in [0.25, 0.3) is 11.8 Å². The fourth-order valence-electron chi connectivity index (χ4n) is 12.1. The lowest BCUT2D eigenvalue weighted by molar-refractivity contribution is -0.329. The number of carbonyl (C=O) groups excluding carboxylic acids is 3. The summed E-state index contributed by atoms with van der Waals surface area (Å²) in [5.41, 5.74) is 0.582. The number of hydrogen-bond donors (Lipinski definition) is 2. The molecule has 400 valence electrons. The van der Waals surface area contributed by atoms with Gasteiger partial charge in [0.1, 0.15) is 42.0 Å². The van der Waals surface area contributed by atoms with Crippen molar-refractivity contribution in [2.24, 2.45) is 23.7 Å². The zero-order valence-corrected chi connectivity index (χ0v) is 43.8. The first-order valence-electron chi connectivity index (χ1n) is 26.2. The van der Waals surface area contributed by atoms with E-state index in [1.54, 1.807) is 57.4 Å². The number of nitrogens with zero attached hydrogens (tertiary/aromatic N) is 1. The molecule has 2 N–H and O–H groups in total. The highest BCUT2D eigenvalue weighted by atomic mass is 16.8. The molecule has 1 aromatic carbocycles. The fraction of sp³-hybridized carbons (Fsp3) is 0.661. The average Bonchev–Trinajstić information content (AvgIpc) is 3.83. The third-order valence-electron chi connectivity index (χ3n) is 16.5. The Bertz CT molecular complexity index is 2330. The number of allylic oxidation sites excluding steroid dienone is 2. The van der Waals surface area contributed by atoms with Crippen molar-refractivity contribution in [1.29, 1.82) is 0 Å². The largest absolute Gasteiger partial charge is 0.462 e. The van der Waals surface area contributed by atoms with Crippen LogP contribution in [-0.2, 0) is 57.0 Å². The fourth-order valence-corrected chi connectivity index (χ4v) is 12.1. The molecule has 0 aromatic heterocycles. The number of hydrogen-bond acceptors (Lipinski definition) is 16. The predicted molar refractivity (Wildman–Crippen MR) is 263 cm³/mol. The van der Waals surface area contributed by atoms with Gasteiger partial charge in [0, 0.05) is 51.7 Å². The van der Waals surface area contributed by atoms with Gasteiger partial charge in [-0.05, 0) is 75.0 Å². The van der Waals surface area contributed by atoms with Crippen LogP contribution in [0.3, 0.4) is 0 Å². The molecule has 7 heterocycles. The van der Waals surface area contributed by atoms with Gasteiger partial charge >= 0.3 is 5.97 Å². The topological polar surface area (TPSA) is 196 Å². The SMILES string of the molecule is CC[C@@H](C)[C@H]1O[C@]2(C=C[C@@H]1C)C[C@@H]1C[C@@H](C/C=C(\C)[C@@H](O[C@H]3C[C@H](OC)[C@@H](O[C@H]4C[C@H](OC)[C@H](ON5C(=O)c6ccccc6C5=O)[C@H](C)O4)[C@H](C)O3)[C@@H](C)/C=C/C=C3\CO[C@@H]4[C@H](O)C(C)=C[C@@H](C(=O)O1)[C@]34O)O2. The third-order valence-corrected chi connectivity index (χ3v) is 16.5. The van der Waals surface area contributed by atoms with Crippen LogP contribution in [0.5, 0.6) is 0 Å².